The molecule has 0 N–H and O–H groups in total. The van der Waals surface area contributed by atoms with Crippen LogP contribution in [0.25, 0.3) is 72.7 Å². The van der Waals surface area contributed by atoms with Crippen molar-refractivity contribution in [2.75, 3.05) is 4.90 Å². The minimum atomic E-state index is 0.623. The van der Waals surface area contributed by atoms with E-state index >= 15 is 0 Å². The van der Waals surface area contributed by atoms with Crippen LogP contribution >= 0.6 is 0 Å². The molecule has 2 aromatic heterocycles. The molecule has 5 nitrogen and oxygen atoms in total. The molecule has 0 saturated heterocycles. The average molecular weight is 640 g/mol. The quantitative estimate of drug-likeness (QED) is 0.192. The summed E-state index contributed by atoms with van der Waals surface area (Å²) in [5, 5.41) is 3.62. The molecule has 10 rings (SSSR count). The lowest BCUT2D eigenvalue weighted by Gasteiger charge is -2.26. The Balaban J connectivity index is 1.22. The summed E-state index contributed by atoms with van der Waals surface area (Å²) in [5.41, 5.74) is 9.59. The third-order valence-corrected chi connectivity index (χ3v) is 9.52. The second-order valence-corrected chi connectivity index (χ2v) is 12.6. The third kappa shape index (κ3) is 4.60. The number of aromatic nitrogens is 4. The van der Waals surface area contributed by atoms with Gasteiger partial charge >= 0.3 is 0 Å². The highest BCUT2D eigenvalue weighted by Crippen LogP contribution is 2.49. The first-order valence-electron chi connectivity index (χ1n) is 16.8. The fourth-order valence-corrected chi connectivity index (χ4v) is 7.21. The third-order valence-electron chi connectivity index (χ3n) is 9.52. The standard InChI is InChI=1S/C45H29N5/c1-3-14-30(15-4-1)43-46-44(31-16-5-2-6-17-31)48-45(47-43)34-20-13-21-36(27-34)49-39-24-11-9-22-37(39)38-23-10-12-25-40(38)50-41-28-33-19-8-7-18-32(33)26-35(41)29-42(49)50/h1-29H. The summed E-state index contributed by atoms with van der Waals surface area (Å²) in [6.45, 7) is 0. The van der Waals surface area contributed by atoms with Crippen LogP contribution in [0.2, 0.25) is 0 Å². The Kier molecular flexibility index (Phi) is 6.42. The van der Waals surface area contributed by atoms with Crippen molar-refractivity contribution in [3.05, 3.63) is 176 Å². The Morgan fingerprint density at radius 3 is 1.56 bits per heavy atom. The number of nitrogens with zero attached hydrogens (tertiary/aromatic N) is 5. The molecule has 0 atom stereocenters. The molecule has 0 radical (unpaired) electrons. The second kappa shape index (κ2) is 11.4. The molecule has 9 aromatic rings. The summed E-state index contributed by atoms with van der Waals surface area (Å²) in [7, 11) is 0. The first-order valence-corrected chi connectivity index (χ1v) is 16.8. The molecule has 7 aromatic carbocycles. The lowest BCUT2D eigenvalue weighted by atomic mass is 10.0. The molecule has 3 heterocycles. The van der Waals surface area contributed by atoms with Crippen molar-refractivity contribution >= 4 is 38.9 Å². The molecular weight excluding hydrogens is 611 g/mol. The highest BCUT2D eigenvalue weighted by atomic mass is 15.3. The lowest BCUT2D eigenvalue weighted by molar-refractivity contribution is 1.07. The maximum Gasteiger partial charge on any atom is 0.164 e. The van der Waals surface area contributed by atoms with Gasteiger partial charge in [0.2, 0.25) is 0 Å². The molecule has 0 spiro atoms. The van der Waals surface area contributed by atoms with Crippen LogP contribution in [0.4, 0.5) is 17.2 Å². The molecule has 0 bridgehead atoms. The van der Waals surface area contributed by atoms with Crippen molar-refractivity contribution in [2.45, 2.75) is 0 Å². The molecule has 0 aliphatic carbocycles. The van der Waals surface area contributed by atoms with Crippen molar-refractivity contribution in [1.29, 1.82) is 0 Å². The predicted octanol–water partition coefficient (Wildman–Crippen LogP) is 11.4. The average Bonchev–Trinajstić information content (AvgIpc) is 3.49. The molecule has 5 heteroatoms. The minimum absolute atomic E-state index is 0.623. The number of benzene rings is 7. The number of anilines is 3. The van der Waals surface area contributed by atoms with Crippen molar-refractivity contribution in [2.24, 2.45) is 0 Å². The van der Waals surface area contributed by atoms with Gasteiger partial charge in [0.1, 0.15) is 5.82 Å². The summed E-state index contributed by atoms with van der Waals surface area (Å²) >= 11 is 0. The van der Waals surface area contributed by atoms with Gasteiger partial charge in [0, 0.05) is 38.9 Å². The van der Waals surface area contributed by atoms with E-state index in [9.17, 15) is 0 Å². The fourth-order valence-electron chi connectivity index (χ4n) is 7.21. The predicted molar refractivity (Wildman–Crippen MR) is 204 cm³/mol. The molecule has 234 valence electrons. The SMILES string of the molecule is c1ccc(-c2nc(-c3ccccc3)nc(-c3cccc(N4c5ccccc5-c5ccccc5-n5c4cc4cc6ccccc6cc45)c3)n2)cc1. The van der Waals surface area contributed by atoms with Crippen molar-refractivity contribution in [1.82, 2.24) is 19.5 Å². The molecule has 0 unspecified atom stereocenters. The maximum atomic E-state index is 5.05. The number of rotatable bonds is 4. The number of fused-ring (bicyclic) bond motifs is 8. The van der Waals surface area contributed by atoms with Gasteiger partial charge in [-0.1, -0.05) is 133 Å². The smallest absolute Gasteiger partial charge is 0.164 e. The zero-order valence-corrected chi connectivity index (χ0v) is 27.0. The summed E-state index contributed by atoms with van der Waals surface area (Å²) in [4.78, 5) is 17.4. The molecule has 0 fully saturated rings. The minimum Gasteiger partial charge on any atom is -0.295 e. The maximum absolute atomic E-state index is 5.05. The topological polar surface area (TPSA) is 46.8 Å². The number of hydrogen-bond donors (Lipinski definition) is 0. The highest BCUT2D eigenvalue weighted by molar-refractivity contribution is 6.04. The van der Waals surface area contributed by atoms with E-state index < -0.39 is 0 Å². The Morgan fingerprint density at radius 1 is 0.360 bits per heavy atom. The van der Waals surface area contributed by atoms with Gasteiger partial charge in [-0.3, -0.25) is 9.47 Å². The fraction of sp³-hybridized carbons (Fsp3) is 0. The van der Waals surface area contributed by atoms with Crippen LogP contribution in [0.15, 0.2) is 176 Å². The van der Waals surface area contributed by atoms with Crippen LogP contribution in [0.5, 0.6) is 0 Å². The van der Waals surface area contributed by atoms with E-state index in [0.717, 1.165) is 45.1 Å². The van der Waals surface area contributed by atoms with Crippen molar-refractivity contribution in [3.63, 3.8) is 0 Å². The largest absolute Gasteiger partial charge is 0.295 e. The van der Waals surface area contributed by atoms with E-state index in [1.807, 2.05) is 60.7 Å². The van der Waals surface area contributed by atoms with Gasteiger partial charge in [-0.25, -0.2) is 15.0 Å². The first-order chi connectivity index (χ1) is 24.8. The van der Waals surface area contributed by atoms with Crippen LogP contribution in [0.1, 0.15) is 0 Å². The lowest BCUT2D eigenvalue weighted by Crippen LogP contribution is -2.13. The van der Waals surface area contributed by atoms with Gasteiger partial charge in [-0.05, 0) is 53.2 Å². The zero-order valence-electron chi connectivity index (χ0n) is 27.0. The molecular formula is C45H29N5. The van der Waals surface area contributed by atoms with Gasteiger partial charge in [-0.15, -0.1) is 0 Å². The number of hydrogen-bond acceptors (Lipinski definition) is 4. The van der Waals surface area contributed by atoms with Gasteiger partial charge in [-0.2, -0.15) is 0 Å². The van der Waals surface area contributed by atoms with Crippen LogP contribution < -0.4 is 4.90 Å². The normalized spacial score (nSPS) is 12.0. The van der Waals surface area contributed by atoms with Crippen LogP contribution in [0, 0.1) is 0 Å². The van der Waals surface area contributed by atoms with Crippen LogP contribution in [-0.4, -0.2) is 19.5 Å². The van der Waals surface area contributed by atoms with Crippen LogP contribution in [0.3, 0.4) is 0 Å². The Hall–Kier alpha value is -6.85. The summed E-state index contributed by atoms with van der Waals surface area (Å²) in [6.07, 6.45) is 0. The monoisotopic (exact) mass is 639 g/mol. The van der Waals surface area contributed by atoms with E-state index in [2.05, 4.69) is 125 Å². The summed E-state index contributed by atoms with van der Waals surface area (Å²) < 4.78 is 2.41. The van der Waals surface area contributed by atoms with Crippen molar-refractivity contribution < 1.29 is 0 Å². The number of para-hydroxylation sites is 2. The molecule has 0 amide bonds. The van der Waals surface area contributed by atoms with Crippen LogP contribution in [-0.2, 0) is 0 Å². The Labute approximate surface area is 289 Å². The zero-order chi connectivity index (χ0) is 33.0. The first kappa shape index (κ1) is 28.2. The van der Waals surface area contributed by atoms with E-state index in [4.69, 9.17) is 15.0 Å². The molecule has 0 saturated carbocycles. The highest BCUT2D eigenvalue weighted by Gasteiger charge is 2.28. The second-order valence-electron chi connectivity index (χ2n) is 12.6. The Bertz CT molecular complexity index is 2660. The van der Waals surface area contributed by atoms with E-state index in [-0.39, 0.29) is 0 Å². The van der Waals surface area contributed by atoms with Gasteiger partial charge in [0.05, 0.1) is 16.9 Å². The van der Waals surface area contributed by atoms with E-state index in [0.29, 0.717) is 17.5 Å². The van der Waals surface area contributed by atoms with Gasteiger partial charge in [0.25, 0.3) is 0 Å². The molecule has 1 aliphatic rings. The molecule has 50 heavy (non-hydrogen) atoms. The Morgan fingerprint density at radius 2 is 0.880 bits per heavy atom. The summed E-state index contributed by atoms with van der Waals surface area (Å²) in [5.74, 6) is 2.97. The molecule has 1 aliphatic heterocycles. The van der Waals surface area contributed by atoms with Gasteiger partial charge in [0.15, 0.2) is 17.5 Å². The van der Waals surface area contributed by atoms with Gasteiger partial charge < -0.3 is 0 Å². The summed E-state index contributed by atoms with van der Waals surface area (Å²) in [6, 6.07) is 61.7. The van der Waals surface area contributed by atoms with E-state index in [1.165, 1.54) is 27.3 Å². The van der Waals surface area contributed by atoms with E-state index in [1.54, 1.807) is 0 Å². The van der Waals surface area contributed by atoms with Crippen molar-refractivity contribution in [3.8, 4) is 51.0 Å².